The largest absolute Gasteiger partial charge is 1.00 e. The molecule has 0 spiro atoms. The minimum atomic E-state index is 0. The second-order valence-corrected chi connectivity index (χ2v) is 2.31. The maximum Gasteiger partial charge on any atom is 1.00 e. The molecule has 11 heavy (non-hydrogen) atoms. The summed E-state index contributed by atoms with van der Waals surface area (Å²) in [6.45, 7) is 1.96. The summed E-state index contributed by atoms with van der Waals surface area (Å²) in [7, 11) is 0. The van der Waals surface area contributed by atoms with Crippen LogP contribution in [-0.2, 0) is 35.0 Å². The van der Waals surface area contributed by atoms with Crippen molar-refractivity contribution in [3.8, 4) is 0 Å². The molecule has 1 heterocycles. The summed E-state index contributed by atoms with van der Waals surface area (Å²) >= 11 is 4.66. The summed E-state index contributed by atoms with van der Waals surface area (Å²) < 4.78 is 0. The zero-order chi connectivity index (χ0) is 7.40. The van der Waals surface area contributed by atoms with Crippen molar-refractivity contribution >= 4 is 18.7 Å². The van der Waals surface area contributed by atoms with Crippen molar-refractivity contribution in [3.05, 3.63) is 35.0 Å². The van der Waals surface area contributed by atoms with E-state index in [9.17, 15) is 0 Å². The van der Waals surface area contributed by atoms with Crippen LogP contribution in [0.5, 0.6) is 0 Å². The number of pyridine rings is 1. The Balaban J connectivity index is 0.000001000. The number of aromatic nitrogens is 1. The zero-order valence-electron chi connectivity index (χ0n) is 6.04. The predicted octanol–water partition coefficient (Wildman–Crippen LogP) is 1.91. The molecular formula is C8H8AgNS. The second-order valence-electron chi connectivity index (χ2n) is 2.04. The molecule has 0 radical (unpaired) electrons. The Kier molecular flexibility index (Phi) is 5.42. The summed E-state index contributed by atoms with van der Waals surface area (Å²) in [5.41, 5.74) is 2.09. The van der Waals surface area contributed by atoms with E-state index in [0.29, 0.717) is 0 Å². The Bertz CT molecular complexity index is 230. The van der Waals surface area contributed by atoms with E-state index in [2.05, 4.69) is 17.6 Å². The summed E-state index contributed by atoms with van der Waals surface area (Å²) in [6.07, 6.45) is 3.65. The van der Waals surface area contributed by atoms with Crippen LogP contribution in [-0.4, -0.2) is 4.98 Å². The van der Waals surface area contributed by atoms with Gasteiger partial charge < -0.3 is 12.6 Å². The minimum Gasteiger partial charge on any atom is -0.787 e. The van der Waals surface area contributed by atoms with Gasteiger partial charge in [-0.15, -0.1) is 0 Å². The van der Waals surface area contributed by atoms with Gasteiger partial charge in [-0.1, -0.05) is 12.1 Å². The Morgan fingerprint density at radius 3 is 2.64 bits per heavy atom. The fraction of sp³-hybridized carbons (Fsp3) is 0.125. The normalized spacial score (nSPS) is 9.55. The molecule has 0 atom stereocenters. The molecule has 1 aromatic heterocycles. The van der Waals surface area contributed by atoms with Gasteiger partial charge in [0.2, 0.25) is 0 Å². The molecule has 0 saturated heterocycles. The average molecular weight is 258 g/mol. The Labute approximate surface area is 87.8 Å². The molecule has 0 bridgehead atoms. The van der Waals surface area contributed by atoms with Gasteiger partial charge in [0, 0.05) is 11.9 Å². The Morgan fingerprint density at radius 2 is 2.18 bits per heavy atom. The first-order chi connectivity index (χ1) is 4.83. The maximum atomic E-state index is 4.66. The van der Waals surface area contributed by atoms with Crippen molar-refractivity contribution in [1.82, 2.24) is 4.98 Å². The van der Waals surface area contributed by atoms with E-state index in [1.54, 1.807) is 11.6 Å². The molecule has 3 heteroatoms. The molecule has 62 valence electrons. The van der Waals surface area contributed by atoms with E-state index in [4.69, 9.17) is 0 Å². The molecule has 0 aliphatic heterocycles. The van der Waals surface area contributed by atoms with Gasteiger partial charge in [-0.2, -0.15) is 0 Å². The average Bonchev–Trinajstić information content (AvgIpc) is 1.95. The number of nitrogens with zero attached hydrogens (tertiary/aromatic N) is 1. The molecule has 0 unspecified atom stereocenters. The molecule has 0 N–H and O–H groups in total. The van der Waals surface area contributed by atoms with Crippen molar-refractivity contribution in [1.29, 1.82) is 0 Å². The van der Waals surface area contributed by atoms with Crippen molar-refractivity contribution in [2.45, 2.75) is 6.92 Å². The van der Waals surface area contributed by atoms with E-state index in [0.717, 1.165) is 11.3 Å². The quantitative estimate of drug-likeness (QED) is 0.563. The molecule has 0 aliphatic rings. The van der Waals surface area contributed by atoms with Crippen molar-refractivity contribution in [3.63, 3.8) is 0 Å². The third-order valence-corrected chi connectivity index (χ3v) is 1.33. The van der Waals surface area contributed by atoms with E-state index < -0.39 is 0 Å². The fourth-order valence-electron chi connectivity index (χ4n) is 0.656. The summed E-state index contributed by atoms with van der Waals surface area (Å²) in [4.78, 5) is 4.10. The van der Waals surface area contributed by atoms with Gasteiger partial charge in [0.1, 0.15) is 0 Å². The first-order valence-corrected chi connectivity index (χ1v) is 3.51. The van der Waals surface area contributed by atoms with Crippen molar-refractivity contribution in [2.24, 2.45) is 0 Å². The monoisotopic (exact) mass is 257 g/mol. The Hall–Kier alpha value is -0.150. The molecule has 1 rings (SSSR count). The number of rotatable bonds is 1. The van der Waals surface area contributed by atoms with Crippen LogP contribution in [0.3, 0.4) is 0 Å². The zero-order valence-corrected chi connectivity index (χ0v) is 8.34. The van der Waals surface area contributed by atoms with Gasteiger partial charge in [0.25, 0.3) is 0 Å². The third-order valence-electron chi connectivity index (χ3n) is 1.19. The van der Waals surface area contributed by atoms with Crippen LogP contribution < -0.4 is 0 Å². The van der Waals surface area contributed by atoms with Crippen LogP contribution >= 0.6 is 0 Å². The summed E-state index contributed by atoms with van der Waals surface area (Å²) in [5, 5.41) is 1.59. The molecule has 1 nitrogen and oxygen atoms in total. The topological polar surface area (TPSA) is 12.9 Å². The number of hydrogen-bond donors (Lipinski definition) is 0. The van der Waals surface area contributed by atoms with E-state index in [-0.39, 0.29) is 22.4 Å². The first kappa shape index (κ1) is 10.9. The van der Waals surface area contributed by atoms with Gasteiger partial charge in [-0.3, -0.25) is 4.98 Å². The maximum absolute atomic E-state index is 4.66. The van der Waals surface area contributed by atoms with E-state index >= 15 is 0 Å². The second kappa shape index (κ2) is 5.49. The van der Waals surface area contributed by atoms with Crippen molar-refractivity contribution in [2.75, 3.05) is 0 Å². The third kappa shape index (κ3) is 3.68. The molecule has 0 aliphatic carbocycles. The van der Waals surface area contributed by atoms with Crippen LogP contribution in [0.2, 0.25) is 0 Å². The SMILES string of the molecule is Cc1ccc(C=C[S-])cn1.[Ag+]. The Morgan fingerprint density at radius 1 is 1.45 bits per heavy atom. The van der Waals surface area contributed by atoms with Crippen LogP contribution in [0.1, 0.15) is 11.3 Å². The standard InChI is InChI=1S/C8H9NS.Ag/c1-7-2-3-8(4-5-10)6-9-7;/h2-6,10H,1H3;/q;+1/p-1. The van der Waals surface area contributed by atoms with Gasteiger partial charge in [-0.25, -0.2) is 5.41 Å². The van der Waals surface area contributed by atoms with Crippen LogP contribution in [0.15, 0.2) is 23.7 Å². The van der Waals surface area contributed by atoms with Gasteiger partial charge >= 0.3 is 22.4 Å². The van der Waals surface area contributed by atoms with Gasteiger partial charge in [0.05, 0.1) is 0 Å². The summed E-state index contributed by atoms with van der Waals surface area (Å²) in [6, 6.07) is 3.95. The number of aryl methyl sites for hydroxylation is 1. The molecule has 1 aromatic rings. The van der Waals surface area contributed by atoms with E-state index in [1.165, 1.54) is 0 Å². The fourth-order valence-corrected chi connectivity index (χ4v) is 0.814. The smallest absolute Gasteiger partial charge is 0.787 e. The van der Waals surface area contributed by atoms with Crippen molar-refractivity contribution < 1.29 is 22.4 Å². The molecular weight excluding hydrogens is 250 g/mol. The number of hydrogen-bond acceptors (Lipinski definition) is 2. The van der Waals surface area contributed by atoms with E-state index in [1.807, 2.05) is 25.1 Å². The minimum absolute atomic E-state index is 0. The molecule has 0 fully saturated rings. The summed E-state index contributed by atoms with van der Waals surface area (Å²) in [5.74, 6) is 0. The van der Waals surface area contributed by atoms with Gasteiger partial charge in [-0.05, 0) is 18.6 Å². The van der Waals surface area contributed by atoms with Crippen LogP contribution in [0.25, 0.3) is 6.08 Å². The molecule has 0 aromatic carbocycles. The van der Waals surface area contributed by atoms with Gasteiger partial charge in [0.15, 0.2) is 0 Å². The van der Waals surface area contributed by atoms with Crippen LogP contribution in [0, 0.1) is 6.92 Å². The van der Waals surface area contributed by atoms with Crippen LogP contribution in [0.4, 0.5) is 0 Å². The molecule has 0 amide bonds. The molecule has 0 saturated carbocycles. The first-order valence-electron chi connectivity index (χ1n) is 3.04. The predicted molar refractivity (Wildman–Crippen MR) is 45.4 cm³/mol.